The lowest BCUT2D eigenvalue weighted by Crippen LogP contribution is -2.28. The Kier molecular flexibility index (Phi) is 4.26. The minimum absolute atomic E-state index is 0.728. The highest BCUT2D eigenvalue weighted by molar-refractivity contribution is 7.99. The summed E-state index contributed by atoms with van der Waals surface area (Å²) in [5, 5.41) is 3.45. The van der Waals surface area contributed by atoms with E-state index in [0.29, 0.717) is 0 Å². The monoisotopic (exact) mass is 265 g/mol. The zero-order valence-electron chi connectivity index (χ0n) is 11.0. The number of imidazole rings is 1. The van der Waals surface area contributed by atoms with E-state index in [1.807, 2.05) is 0 Å². The average Bonchev–Trinajstić information content (AvgIpc) is 2.89. The van der Waals surface area contributed by atoms with Gasteiger partial charge in [0.15, 0.2) is 0 Å². The van der Waals surface area contributed by atoms with Gasteiger partial charge >= 0.3 is 0 Å². The fourth-order valence-corrected chi connectivity index (χ4v) is 4.35. The van der Waals surface area contributed by atoms with Crippen LogP contribution in [0.15, 0.2) is 12.5 Å². The molecule has 1 aromatic rings. The molecular formula is C14H23N3S. The Hall–Kier alpha value is -0.480. The fourth-order valence-electron chi connectivity index (χ4n) is 3.15. The molecule has 2 fully saturated rings. The molecule has 0 atom stereocenters. The van der Waals surface area contributed by atoms with Crippen LogP contribution in [0.3, 0.4) is 0 Å². The molecule has 2 aliphatic rings. The zero-order valence-corrected chi connectivity index (χ0v) is 11.8. The third-order valence-corrected chi connectivity index (χ3v) is 5.35. The zero-order chi connectivity index (χ0) is 12.2. The first-order valence-electron chi connectivity index (χ1n) is 7.22. The van der Waals surface area contributed by atoms with Crippen molar-refractivity contribution in [2.75, 3.05) is 24.6 Å². The Balaban J connectivity index is 1.66. The van der Waals surface area contributed by atoms with Crippen LogP contribution in [-0.2, 0) is 6.54 Å². The predicted molar refractivity (Wildman–Crippen MR) is 77.1 cm³/mol. The van der Waals surface area contributed by atoms with Crippen molar-refractivity contribution in [2.24, 2.45) is 5.92 Å². The van der Waals surface area contributed by atoms with Crippen LogP contribution < -0.4 is 5.32 Å². The van der Waals surface area contributed by atoms with Gasteiger partial charge in [0.1, 0.15) is 0 Å². The minimum atomic E-state index is 0.728. The smallest absolute Gasteiger partial charge is 0.0948 e. The molecule has 0 saturated carbocycles. The Morgan fingerprint density at radius 2 is 2.00 bits per heavy atom. The number of hydrogen-bond acceptors (Lipinski definition) is 3. The van der Waals surface area contributed by atoms with E-state index in [1.165, 1.54) is 49.4 Å². The molecule has 2 saturated heterocycles. The molecule has 18 heavy (non-hydrogen) atoms. The van der Waals surface area contributed by atoms with Crippen molar-refractivity contribution in [1.82, 2.24) is 14.9 Å². The third-order valence-electron chi connectivity index (χ3n) is 4.30. The van der Waals surface area contributed by atoms with Crippen molar-refractivity contribution in [3.63, 3.8) is 0 Å². The number of nitrogens with zero attached hydrogens (tertiary/aromatic N) is 2. The summed E-state index contributed by atoms with van der Waals surface area (Å²) in [7, 11) is 0. The SMILES string of the molecule is c1ncn(CC2CCSCC2)c1C1CCNCC1. The van der Waals surface area contributed by atoms with Gasteiger partial charge < -0.3 is 9.88 Å². The van der Waals surface area contributed by atoms with E-state index in [2.05, 4.69) is 39.2 Å². The number of rotatable bonds is 3. The van der Waals surface area contributed by atoms with Gasteiger partial charge in [0.25, 0.3) is 0 Å². The summed E-state index contributed by atoms with van der Waals surface area (Å²) in [6, 6.07) is 0. The summed E-state index contributed by atoms with van der Waals surface area (Å²) in [6.45, 7) is 3.52. The molecule has 3 nitrogen and oxygen atoms in total. The van der Waals surface area contributed by atoms with Gasteiger partial charge in [-0.15, -0.1) is 0 Å². The second-order valence-corrected chi connectivity index (χ2v) is 6.78. The summed E-state index contributed by atoms with van der Waals surface area (Å²) in [6.07, 6.45) is 9.47. The van der Waals surface area contributed by atoms with E-state index in [4.69, 9.17) is 0 Å². The summed E-state index contributed by atoms with van der Waals surface area (Å²) < 4.78 is 2.44. The maximum absolute atomic E-state index is 4.40. The molecule has 0 radical (unpaired) electrons. The third kappa shape index (κ3) is 2.91. The Bertz CT molecular complexity index is 365. The van der Waals surface area contributed by atoms with Gasteiger partial charge in [-0.2, -0.15) is 11.8 Å². The number of aromatic nitrogens is 2. The molecule has 100 valence electrons. The number of hydrogen-bond donors (Lipinski definition) is 1. The van der Waals surface area contributed by atoms with E-state index < -0.39 is 0 Å². The quantitative estimate of drug-likeness (QED) is 0.910. The first kappa shape index (κ1) is 12.5. The van der Waals surface area contributed by atoms with Gasteiger partial charge in [-0.3, -0.25) is 0 Å². The van der Waals surface area contributed by atoms with Crippen LogP contribution in [0.1, 0.15) is 37.3 Å². The molecule has 1 N–H and O–H groups in total. The van der Waals surface area contributed by atoms with Gasteiger partial charge in [-0.25, -0.2) is 4.98 Å². The molecule has 3 rings (SSSR count). The Morgan fingerprint density at radius 3 is 2.78 bits per heavy atom. The van der Waals surface area contributed by atoms with Crippen LogP contribution in [0.2, 0.25) is 0 Å². The highest BCUT2D eigenvalue weighted by Crippen LogP contribution is 2.28. The van der Waals surface area contributed by atoms with E-state index in [9.17, 15) is 0 Å². The maximum atomic E-state index is 4.40. The largest absolute Gasteiger partial charge is 0.334 e. The van der Waals surface area contributed by atoms with Crippen LogP contribution in [0.5, 0.6) is 0 Å². The van der Waals surface area contributed by atoms with Crippen molar-refractivity contribution in [3.8, 4) is 0 Å². The normalized spacial score (nSPS) is 23.3. The first-order valence-corrected chi connectivity index (χ1v) is 8.37. The molecule has 0 spiro atoms. The molecule has 1 aromatic heterocycles. The highest BCUT2D eigenvalue weighted by Gasteiger charge is 2.21. The van der Waals surface area contributed by atoms with Crippen molar-refractivity contribution in [1.29, 1.82) is 0 Å². The fraction of sp³-hybridized carbons (Fsp3) is 0.786. The standard InChI is InChI=1S/C14H23N3S/c1-5-15-6-2-13(1)14-9-16-11-17(14)10-12-3-7-18-8-4-12/h9,11-13,15H,1-8,10H2. The van der Waals surface area contributed by atoms with Crippen molar-refractivity contribution in [3.05, 3.63) is 18.2 Å². The lowest BCUT2D eigenvalue weighted by atomic mass is 9.94. The molecule has 0 aliphatic carbocycles. The molecule has 2 aliphatic heterocycles. The van der Waals surface area contributed by atoms with Gasteiger partial charge in [0.2, 0.25) is 0 Å². The van der Waals surface area contributed by atoms with Gasteiger partial charge in [0, 0.05) is 24.4 Å². The summed E-state index contributed by atoms with van der Waals surface area (Å²) in [5.41, 5.74) is 1.48. The summed E-state index contributed by atoms with van der Waals surface area (Å²) >= 11 is 2.11. The van der Waals surface area contributed by atoms with Crippen molar-refractivity contribution < 1.29 is 0 Å². The summed E-state index contributed by atoms with van der Waals surface area (Å²) in [4.78, 5) is 4.40. The Morgan fingerprint density at radius 1 is 1.22 bits per heavy atom. The maximum Gasteiger partial charge on any atom is 0.0948 e. The number of nitrogens with one attached hydrogen (secondary N) is 1. The van der Waals surface area contributed by atoms with E-state index in [-0.39, 0.29) is 0 Å². The molecule has 4 heteroatoms. The van der Waals surface area contributed by atoms with Gasteiger partial charge in [-0.05, 0) is 56.2 Å². The molecule has 3 heterocycles. The lowest BCUT2D eigenvalue weighted by molar-refractivity contribution is 0.386. The van der Waals surface area contributed by atoms with Gasteiger partial charge in [0.05, 0.1) is 6.33 Å². The van der Waals surface area contributed by atoms with Crippen LogP contribution in [0, 0.1) is 5.92 Å². The molecule has 0 amide bonds. The van der Waals surface area contributed by atoms with E-state index >= 15 is 0 Å². The van der Waals surface area contributed by atoms with E-state index in [1.54, 1.807) is 0 Å². The van der Waals surface area contributed by atoms with Crippen LogP contribution in [0.25, 0.3) is 0 Å². The molecular weight excluding hydrogens is 242 g/mol. The molecule has 0 bridgehead atoms. The van der Waals surface area contributed by atoms with Crippen molar-refractivity contribution in [2.45, 2.75) is 38.1 Å². The topological polar surface area (TPSA) is 29.9 Å². The second kappa shape index (κ2) is 6.11. The summed E-state index contributed by atoms with van der Waals surface area (Å²) in [5.74, 6) is 4.30. The van der Waals surface area contributed by atoms with Crippen LogP contribution in [0.4, 0.5) is 0 Å². The number of piperidine rings is 1. The average molecular weight is 265 g/mol. The Labute approximate surface area is 114 Å². The van der Waals surface area contributed by atoms with Gasteiger partial charge in [-0.1, -0.05) is 0 Å². The van der Waals surface area contributed by atoms with Crippen molar-refractivity contribution >= 4 is 11.8 Å². The molecule has 0 unspecified atom stereocenters. The van der Waals surface area contributed by atoms with Crippen LogP contribution >= 0.6 is 11.8 Å². The first-order chi connectivity index (χ1) is 8.93. The molecule has 0 aromatic carbocycles. The van der Waals surface area contributed by atoms with E-state index in [0.717, 1.165) is 24.9 Å². The van der Waals surface area contributed by atoms with Crippen LogP contribution in [-0.4, -0.2) is 34.1 Å². The number of thioether (sulfide) groups is 1. The highest BCUT2D eigenvalue weighted by atomic mass is 32.2. The second-order valence-electron chi connectivity index (χ2n) is 5.55. The predicted octanol–water partition coefficient (Wildman–Crippen LogP) is 2.49. The minimum Gasteiger partial charge on any atom is -0.334 e. The lowest BCUT2D eigenvalue weighted by Gasteiger charge is -2.26.